The lowest BCUT2D eigenvalue weighted by Gasteiger charge is -2.10. The molecule has 2 aromatic rings. The summed E-state index contributed by atoms with van der Waals surface area (Å²) in [5.41, 5.74) is 0.778. The van der Waals surface area contributed by atoms with Crippen LogP contribution in [0.5, 0.6) is 11.5 Å². The minimum Gasteiger partial charge on any atom is -0.481 e. The maximum absolute atomic E-state index is 12.8. The molecule has 3 rings (SSSR count). The van der Waals surface area contributed by atoms with Crippen molar-refractivity contribution in [2.24, 2.45) is 0 Å². The van der Waals surface area contributed by atoms with E-state index < -0.39 is 11.8 Å². The van der Waals surface area contributed by atoms with Crippen LogP contribution in [0.4, 0.5) is 0 Å². The molecule has 0 amide bonds. The number of carboxylic acids is 1. The van der Waals surface area contributed by atoms with Crippen LogP contribution in [0.1, 0.15) is 21.5 Å². The van der Waals surface area contributed by atoms with Gasteiger partial charge in [0, 0.05) is 16.1 Å². The third kappa shape index (κ3) is 3.11. The fourth-order valence-electron chi connectivity index (χ4n) is 2.32. The topological polar surface area (TPSA) is 72.8 Å². The second kappa shape index (κ2) is 6.10. The molecule has 0 spiro atoms. The molecule has 0 fully saturated rings. The third-order valence-electron chi connectivity index (χ3n) is 3.36. The standard InChI is InChI=1S/C16H10Cl2O5/c17-9-1-2-10(12(18)5-9)16(21)11-6-14-13(22-7-23-14)3-8(11)4-15(19)20/h1-3,5-6H,4,7H2,(H,19,20). The summed E-state index contributed by atoms with van der Waals surface area (Å²) >= 11 is 11.9. The van der Waals surface area contributed by atoms with Crippen LogP contribution in [0, 0.1) is 0 Å². The summed E-state index contributed by atoms with van der Waals surface area (Å²) in [6.07, 6.45) is -0.317. The second-order valence-electron chi connectivity index (χ2n) is 4.89. The molecule has 118 valence electrons. The van der Waals surface area contributed by atoms with Crippen molar-refractivity contribution in [2.75, 3.05) is 6.79 Å². The van der Waals surface area contributed by atoms with Gasteiger partial charge in [0.2, 0.25) is 6.79 Å². The van der Waals surface area contributed by atoms with Gasteiger partial charge in [0.05, 0.1) is 11.4 Å². The first-order valence-electron chi connectivity index (χ1n) is 6.60. The Labute approximate surface area is 141 Å². The Morgan fingerprint density at radius 2 is 1.74 bits per heavy atom. The van der Waals surface area contributed by atoms with E-state index in [0.717, 1.165) is 0 Å². The molecule has 1 N–H and O–H groups in total. The lowest BCUT2D eigenvalue weighted by Crippen LogP contribution is -2.10. The summed E-state index contributed by atoms with van der Waals surface area (Å²) in [7, 11) is 0. The number of hydrogen-bond donors (Lipinski definition) is 1. The molecule has 0 unspecified atom stereocenters. The summed E-state index contributed by atoms with van der Waals surface area (Å²) < 4.78 is 10.5. The zero-order valence-electron chi connectivity index (χ0n) is 11.6. The van der Waals surface area contributed by atoms with Crippen molar-refractivity contribution in [3.63, 3.8) is 0 Å². The van der Waals surface area contributed by atoms with Gasteiger partial charge in [0.15, 0.2) is 17.3 Å². The molecule has 0 saturated carbocycles. The predicted octanol–water partition coefficient (Wildman–Crippen LogP) is 3.58. The van der Waals surface area contributed by atoms with Gasteiger partial charge in [-0.3, -0.25) is 9.59 Å². The van der Waals surface area contributed by atoms with Crippen molar-refractivity contribution in [3.8, 4) is 11.5 Å². The number of fused-ring (bicyclic) bond motifs is 1. The number of aliphatic carboxylic acids is 1. The van der Waals surface area contributed by atoms with Crippen LogP contribution in [-0.4, -0.2) is 23.7 Å². The van der Waals surface area contributed by atoms with Gasteiger partial charge in [0.25, 0.3) is 0 Å². The summed E-state index contributed by atoms with van der Waals surface area (Å²) in [5, 5.41) is 9.66. The first kappa shape index (κ1) is 15.6. The molecule has 0 bridgehead atoms. The van der Waals surface area contributed by atoms with Crippen LogP contribution in [0.2, 0.25) is 10.0 Å². The summed E-state index contributed by atoms with van der Waals surface area (Å²) in [6, 6.07) is 7.49. The number of halogens is 2. The van der Waals surface area contributed by atoms with Crippen molar-refractivity contribution in [2.45, 2.75) is 6.42 Å². The van der Waals surface area contributed by atoms with Crippen molar-refractivity contribution in [1.29, 1.82) is 0 Å². The average molecular weight is 353 g/mol. The minimum absolute atomic E-state index is 0.0290. The average Bonchev–Trinajstić information content (AvgIpc) is 2.92. The summed E-state index contributed by atoms with van der Waals surface area (Å²) in [4.78, 5) is 23.8. The molecule has 0 atom stereocenters. The molecule has 0 radical (unpaired) electrons. The number of carbonyl (C=O) groups is 2. The lowest BCUT2D eigenvalue weighted by molar-refractivity contribution is -0.136. The summed E-state index contributed by atoms with van der Waals surface area (Å²) in [5.74, 6) is -0.645. The molecule has 5 nitrogen and oxygen atoms in total. The zero-order valence-corrected chi connectivity index (χ0v) is 13.1. The highest BCUT2D eigenvalue weighted by Crippen LogP contribution is 2.36. The van der Waals surface area contributed by atoms with E-state index in [9.17, 15) is 9.59 Å². The molecular formula is C16H10Cl2O5. The first-order chi connectivity index (χ1) is 11.0. The fraction of sp³-hybridized carbons (Fsp3) is 0.125. The molecule has 1 aliphatic heterocycles. The number of benzene rings is 2. The smallest absolute Gasteiger partial charge is 0.307 e. The quantitative estimate of drug-likeness (QED) is 0.851. The maximum Gasteiger partial charge on any atom is 0.307 e. The SMILES string of the molecule is O=C(O)Cc1cc2c(cc1C(=O)c1ccc(Cl)cc1Cl)OCO2. The molecule has 7 heteroatoms. The zero-order chi connectivity index (χ0) is 16.6. The van der Waals surface area contributed by atoms with E-state index in [4.69, 9.17) is 37.8 Å². The van der Waals surface area contributed by atoms with Gasteiger partial charge < -0.3 is 14.6 Å². The number of ether oxygens (including phenoxy) is 2. The fourth-order valence-corrected chi connectivity index (χ4v) is 2.82. The van der Waals surface area contributed by atoms with Crippen molar-refractivity contribution in [1.82, 2.24) is 0 Å². The minimum atomic E-state index is -1.06. The summed E-state index contributed by atoms with van der Waals surface area (Å²) in [6.45, 7) is 0.0290. The van der Waals surface area contributed by atoms with Crippen LogP contribution in [0.3, 0.4) is 0 Å². The van der Waals surface area contributed by atoms with E-state index in [1.54, 1.807) is 6.07 Å². The van der Waals surface area contributed by atoms with Crippen molar-refractivity contribution < 1.29 is 24.2 Å². The van der Waals surface area contributed by atoms with Crippen LogP contribution in [0.25, 0.3) is 0 Å². The second-order valence-corrected chi connectivity index (χ2v) is 5.73. The Bertz CT molecular complexity index is 816. The largest absolute Gasteiger partial charge is 0.481 e. The monoisotopic (exact) mass is 352 g/mol. The lowest BCUT2D eigenvalue weighted by atomic mass is 9.96. The molecule has 1 heterocycles. The Kier molecular flexibility index (Phi) is 4.15. The van der Waals surface area contributed by atoms with E-state index >= 15 is 0 Å². The molecule has 23 heavy (non-hydrogen) atoms. The van der Waals surface area contributed by atoms with E-state index in [1.165, 1.54) is 24.3 Å². The highest BCUT2D eigenvalue weighted by Gasteiger charge is 2.24. The number of carbonyl (C=O) groups excluding carboxylic acids is 1. The van der Waals surface area contributed by atoms with Crippen LogP contribution >= 0.6 is 23.2 Å². The van der Waals surface area contributed by atoms with E-state index in [2.05, 4.69) is 0 Å². The molecule has 0 aromatic heterocycles. The van der Waals surface area contributed by atoms with Gasteiger partial charge in [-0.05, 0) is 35.9 Å². The van der Waals surface area contributed by atoms with Gasteiger partial charge in [-0.15, -0.1) is 0 Å². The highest BCUT2D eigenvalue weighted by molar-refractivity contribution is 6.37. The Balaban J connectivity index is 2.10. The Morgan fingerprint density at radius 1 is 1.04 bits per heavy atom. The number of ketones is 1. The van der Waals surface area contributed by atoms with Gasteiger partial charge in [-0.1, -0.05) is 23.2 Å². The third-order valence-corrected chi connectivity index (χ3v) is 3.91. The molecule has 2 aromatic carbocycles. The van der Waals surface area contributed by atoms with Gasteiger partial charge in [-0.2, -0.15) is 0 Å². The first-order valence-corrected chi connectivity index (χ1v) is 7.35. The molecule has 0 saturated heterocycles. The van der Waals surface area contributed by atoms with Crippen LogP contribution in [-0.2, 0) is 11.2 Å². The van der Waals surface area contributed by atoms with Crippen molar-refractivity contribution >= 4 is 35.0 Å². The Morgan fingerprint density at radius 3 is 2.39 bits per heavy atom. The Hall–Kier alpha value is -2.24. The number of hydrogen-bond acceptors (Lipinski definition) is 4. The molecule has 1 aliphatic rings. The number of rotatable bonds is 4. The molecular weight excluding hydrogens is 343 g/mol. The predicted molar refractivity (Wildman–Crippen MR) is 83.8 cm³/mol. The van der Waals surface area contributed by atoms with Gasteiger partial charge in [0.1, 0.15) is 0 Å². The number of carboxylic acid groups (broad SMARTS) is 1. The van der Waals surface area contributed by atoms with E-state index in [0.29, 0.717) is 22.1 Å². The maximum atomic E-state index is 12.8. The van der Waals surface area contributed by atoms with Gasteiger partial charge >= 0.3 is 5.97 Å². The van der Waals surface area contributed by atoms with Crippen LogP contribution in [0.15, 0.2) is 30.3 Å². The van der Waals surface area contributed by atoms with Crippen LogP contribution < -0.4 is 9.47 Å². The van der Waals surface area contributed by atoms with E-state index in [-0.39, 0.29) is 29.4 Å². The van der Waals surface area contributed by atoms with Gasteiger partial charge in [-0.25, -0.2) is 0 Å². The normalized spacial score (nSPS) is 12.3. The molecule has 0 aliphatic carbocycles. The highest BCUT2D eigenvalue weighted by atomic mass is 35.5. The van der Waals surface area contributed by atoms with E-state index in [1.807, 2.05) is 0 Å². The van der Waals surface area contributed by atoms with Crippen molar-refractivity contribution in [3.05, 3.63) is 57.1 Å².